The maximum Gasteiger partial charge on any atom is 0.332 e. The number of carbonyl (C=O) groups excluding carboxylic acids is 1. The third-order valence-electron chi connectivity index (χ3n) is 4.32. The average molecular weight is 340 g/mol. The number of nitrogens with zero attached hydrogens (tertiary/aromatic N) is 4. The summed E-state index contributed by atoms with van der Waals surface area (Å²) in [7, 11) is 2.89. The number of imidazole rings is 1. The van der Waals surface area contributed by atoms with Gasteiger partial charge in [0.15, 0.2) is 11.2 Å². The molecule has 1 N–H and O–H groups in total. The molecule has 3 rings (SSSR count). The Morgan fingerprint density at radius 3 is 2.57 bits per heavy atom. The van der Waals surface area contributed by atoms with E-state index in [1.54, 1.807) is 0 Å². The number of hydrogen-bond acceptors (Lipinski definition) is 4. The molecular weight excluding hydrogens is 322 g/mol. The van der Waals surface area contributed by atoms with Gasteiger partial charge in [0.25, 0.3) is 5.56 Å². The fourth-order valence-corrected chi connectivity index (χ4v) is 3.28. The van der Waals surface area contributed by atoms with Gasteiger partial charge in [-0.25, -0.2) is 4.79 Å². The number of aryl methyl sites for hydroxylation is 1. The van der Waals surface area contributed by atoms with Crippen molar-refractivity contribution in [2.45, 2.75) is 38.3 Å². The molecule has 124 valence electrons. The molecule has 1 fully saturated rings. The van der Waals surface area contributed by atoms with Gasteiger partial charge in [-0.05, 0) is 24.4 Å². The Balaban J connectivity index is 2.01. The first kappa shape index (κ1) is 15.8. The maximum absolute atomic E-state index is 12.4. The molecule has 1 aliphatic carbocycles. The summed E-state index contributed by atoms with van der Waals surface area (Å²) < 4.78 is 3.57. The van der Waals surface area contributed by atoms with Crippen LogP contribution in [0.3, 0.4) is 0 Å². The van der Waals surface area contributed by atoms with Crippen molar-refractivity contribution < 1.29 is 4.79 Å². The first-order chi connectivity index (χ1) is 10.9. The van der Waals surface area contributed by atoms with E-state index in [4.69, 9.17) is 11.6 Å². The number of rotatable bonds is 3. The summed E-state index contributed by atoms with van der Waals surface area (Å²) in [4.78, 5) is 40.6. The molecule has 0 aliphatic heterocycles. The fourth-order valence-electron chi connectivity index (χ4n) is 3.05. The van der Waals surface area contributed by atoms with Gasteiger partial charge < -0.3 is 5.32 Å². The van der Waals surface area contributed by atoms with Crippen LogP contribution in [-0.4, -0.2) is 30.6 Å². The lowest BCUT2D eigenvalue weighted by atomic mass is 10.2. The Bertz CT molecular complexity index is 888. The number of aromatic nitrogens is 4. The van der Waals surface area contributed by atoms with E-state index < -0.39 is 11.2 Å². The highest BCUT2D eigenvalue weighted by molar-refractivity contribution is 6.29. The van der Waals surface area contributed by atoms with Gasteiger partial charge in [0, 0.05) is 20.1 Å². The van der Waals surface area contributed by atoms with E-state index in [0.29, 0.717) is 0 Å². The maximum atomic E-state index is 12.4. The Hall–Kier alpha value is -2.09. The van der Waals surface area contributed by atoms with Crippen LogP contribution in [0.15, 0.2) is 9.59 Å². The largest absolute Gasteiger partial charge is 0.352 e. The van der Waals surface area contributed by atoms with Crippen LogP contribution in [0.4, 0.5) is 0 Å². The molecule has 0 unspecified atom stereocenters. The fraction of sp³-hybridized carbons (Fsp3) is 0.571. The second-order valence-corrected chi connectivity index (χ2v) is 6.23. The van der Waals surface area contributed by atoms with Crippen molar-refractivity contribution in [1.82, 2.24) is 24.0 Å². The topological polar surface area (TPSA) is 90.9 Å². The van der Waals surface area contributed by atoms with Crippen molar-refractivity contribution in [2.24, 2.45) is 14.1 Å². The highest BCUT2D eigenvalue weighted by Crippen LogP contribution is 2.18. The minimum absolute atomic E-state index is 0.0138. The van der Waals surface area contributed by atoms with Gasteiger partial charge in [-0.3, -0.25) is 23.3 Å². The van der Waals surface area contributed by atoms with Crippen LogP contribution in [-0.2, 0) is 25.4 Å². The second kappa shape index (κ2) is 5.84. The predicted molar refractivity (Wildman–Crippen MR) is 85.6 cm³/mol. The molecule has 0 saturated heterocycles. The zero-order chi connectivity index (χ0) is 16.7. The first-order valence-corrected chi connectivity index (χ1v) is 7.89. The lowest BCUT2D eigenvalue weighted by molar-refractivity contribution is -0.122. The van der Waals surface area contributed by atoms with E-state index >= 15 is 0 Å². The lowest BCUT2D eigenvalue weighted by Gasteiger charge is -2.13. The highest BCUT2D eigenvalue weighted by Gasteiger charge is 2.22. The van der Waals surface area contributed by atoms with Crippen LogP contribution in [0.1, 0.15) is 25.7 Å². The Morgan fingerprint density at radius 1 is 1.26 bits per heavy atom. The molecule has 1 aliphatic rings. The SMILES string of the molecule is Cn1c(=O)c2c(nc(Cl)n2CC(=O)NC2CCCC2)n(C)c1=O. The molecule has 23 heavy (non-hydrogen) atoms. The van der Waals surface area contributed by atoms with Crippen LogP contribution < -0.4 is 16.6 Å². The molecule has 8 nitrogen and oxygen atoms in total. The number of amides is 1. The number of nitrogens with one attached hydrogen (secondary N) is 1. The average Bonchev–Trinajstić information content (AvgIpc) is 3.12. The van der Waals surface area contributed by atoms with Gasteiger partial charge in [0.2, 0.25) is 11.2 Å². The van der Waals surface area contributed by atoms with Crippen molar-refractivity contribution in [3.63, 3.8) is 0 Å². The van der Waals surface area contributed by atoms with Crippen LogP contribution >= 0.6 is 11.6 Å². The summed E-state index contributed by atoms with van der Waals surface area (Å²) in [6.45, 7) is -0.0979. The Labute approximate surface area is 136 Å². The van der Waals surface area contributed by atoms with E-state index in [9.17, 15) is 14.4 Å². The molecule has 9 heteroatoms. The minimum atomic E-state index is -0.517. The van der Waals surface area contributed by atoms with E-state index in [0.717, 1.165) is 30.3 Å². The molecule has 0 radical (unpaired) electrons. The molecule has 0 spiro atoms. The van der Waals surface area contributed by atoms with Crippen molar-refractivity contribution in [1.29, 1.82) is 0 Å². The van der Waals surface area contributed by atoms with E-state index in [1.807, 2.05) is 0 Å². The first-order valence-electron chi connectivity index (χ1n) is 7.51. The third-order valence-corrected chi connectivity index (χ3v) is 4.61. The molecule has 2 aromatic rings. The molecule has 0 aromatic carbocycles. The molecule has 2 heterocycles. The monoisotopic (exact) mass is 339 g/mol. The molecule has 0 atom stereocenters. The van der Waals surface area contributed by atoms with E-state index in [-0.39, 0.29) is 34.9 Å². The highest BCUT2D eigenvalue weighted by atomic mass is 35.5. The normalized spacial score (nSPS) is 15.4. The van der Waals surface area contributed by atoms with Gasteiger partial charge in [0.05, 0.1) is 0 Å². The number of carbonyl (C=O) groups is 1. The smallest absolute Gasteiger partial charge is 0.332 e. The van der Waals surface area contributed by atoms with Crippen LogP contribution in [0.5, 0.6) is 0 Å². The van der Waals surface area contributed by atoms with Gasteiger partial charge in [-0.1, -0.05) is 12.8 Å². The van der Waals surface area contributed by atoms with Crippen LogP contribution in [0.25, 0.3) is 11.2 Å². The summed E-state index contributed by atoms with van der Waals surface area (Å²) in [5, 5.41) is 2.96. The Kier molecular flexibility index (Phi) is 4.01. The summed E-state index contributed by atoms with van der Waals surface area (Å²) in [5.41, 5.74) is -0.673. The summed E-state index contributed by atoms with van der Waals surface area (Å²) in [6.07, 6.45) is 4.17. The van der Waals surface area contributed by atoms with Gasteiger partial charge >= 0.3 is 5.69 Å². The Morgan fingerprint density at radius 2 is 1.91 bits per heavy atom. The molecular formula is C14H18ClN5O3. The minimum Gasteiger partial charge on any atom is -0.352 e. The quantitative estimate of drug-likeness (QED) is 0.806. The second-order valence-electron chi connectivity index (χ2n) is 5.89. The number of fused-ring (bicyclic) bond motifs is 1. The number of halogens is 1. The standard InChI is InChI=1S/C14H18ClN5O3/c1-18-11-10(12(22)19(2)14(18)23)20(13(15)17-11)7-9(21)16-8-5-3-4-6-8/h8H,3-7H2,1-2H3,(H,16,21). The molecule has 1 amide bonds. The lowest BCUT2D eigenvalue weighted by Crippen LogP contribution is -2.39. The van der Waals surface area contributed by atoms with E-state index in [2.05, 4.69) is 10.3 Å². The predicted octanol–water partition coefficient (Wildman–Crippen LogP) is 0.146. The summed E-state index contributed by atoms with van der Waals surface area (Å²) in [5.74, 6) is -0.214. The number of hydrogen-bond donors (Lipinski definition) is 1. The molecule has 1 saturated carbocycles. The zero-order valence-electron chi connectivity index (χ0n) is 13.0. The molecule has 2 aromatic heterocycles. The van der Waals surface area contributed by atoms with Crippen molar-refractivity contribution in [3.8, 4) is 0 Å². The third kappa shape index (κ3) is 2.67. The zero-order valence-corrected chi connectivity index (χ0v) is 13.8. The van der Waals surface area contributed by atoms with Gasteiger partial charge in [0.1, 0.15) is 6.54 Å². The van der Waals surface area contributed by atoms with Gasteiger partial charge in [-0.2, -0.15) is 4.98 Å². The summed E-state index contributed by atoms with van der Waals surface area (Å²) >= 11 is 6.09. The van der Waals surface area contributed by atoms with Gasteiger partial charge in [-0.15, -0.1) is 0 Å². The van der Waals surface area contributed by atoms with Crippen molar-refractivity contribution >= 4 is 28.7 Å². The summed E-state index contributed by atoms with van der Waals surface area (Å²) in [6, 6.07) is 0.184. The van der Waals surface area contributed by atoms with E-state index in [1.165, 1.54) is 23.2 Å². The van der Waals surface area contributed by atoms with Crippen molar-refractivity contribution in [3.05, 3.63) is 26.1 Å². The van der Waals surface area contributed by atoms with Crippen LogP contribution in [0.2, 0.25) is 5.28 Å². The van der Waals surface area contributed by atoms with Crippen LogP contribution in [0, 0.1) is 0 Å². The van der Waals surface area contributed by atoms with Crippen molar-refractivity contribution in [2.75, 3.05) is 0 Å². The molecule has 0 bridgehead atoms.